The molecule has 0 aromatic carbocycles. The molecule has 0 spiro atoms. The summed E-state index contributed by atoms with van der Waals surface area (Å²) < 4.78 is 35.4. The lowest BCUT2D eigenvalue weighted by atomic mass is 10.2. The van der Waals surface area contributed by atoms with Crippen LogP contribution in [0.1, 0.15) is 19.3 Å². The molecule has 1 saturated heterocycles. The van der Waals surface area contributed by atoms with Gasteiger partial charge < -0.3 is 9.47 Å². The molecule has 0 amide bonds. The topological polar surface area (TPSA) is 81.7 Å². The number of esters is 1. The highest BCUT2D eigenvalue weighted by atomic mass is 32.2. The van der Waals surface area contributed by atoms with Crippen LogP contribution in [0.5, 0.6) is 0 Å². The summed E-state index contributed by atoms with van der Waals surface area (Å²) in [5.41, 5.74) is 0. The summed E-state index contributed by atoms with van der Waals surface area (Å²) in [4.78, 5) is 10.8. The van der Waals surface area contributed by atoms with E-state index in [1.165, 1.54) is 7.11 Å². The monoisotopic (exact) mass is 251 g/mol. The Morgan fingerprint density at radius 2 is 2.06 bits per heavy atom. The maximum atomic E-state index is 11.7. The van der Waals surface area contributed by atoms with Crippen LogP contribution >= 0.6 is 0 Å². The molecule has 1 aliphatic heterocycles. The molecule has 1 aliphatic rings. The minimum absolute atomic E-state index is 0.0545. The maximum Gasteiger partial charge on any atom is 0.306 e. The minimum Gasteiger partial charge on any atom is -0.469 e. The van der Waals surface area contributed by atoms with E-state index in [1.807, 2.05) is 0 Å². The normalized spacial score (nSPS) is 18.3. The van der Waals surface area contributed by atoms with Gasteiger partial charge in [-0.15, -0.1) is 0 Å². The molecule has 0 aromatic heterocycles. The van der Waals surface area contributed by atoms with E-state index in [2.05, 4.69) is 9.46 Å². The molecular weight excluding hydrogens is 234 g/mol. The number of hydrogen-bond donors (Lipinski definition) is 1. The molecule has 0 saturated carbocycles. The van der Waals surface area contributed by atoms with Crippen molar-refractivity contribution in [3.05, 3.63) is 0 Å². The quantitative estimate of drug-likeness (QED) is 0.675. The zero-order valence-electron chi connectivity index (χ0n) is 9.27. The highest BCUT2D eigenvalue weighted by Crippen LogP contribution is 2.14. The van der Waals surface area contributed by atoms with Gasteiger partial charge >= 0.3 is 5.97 Å². The van der Waals surface area contributed by atoms with E-state index in [-0.39, 0.29) is 13.0 Å². The van der Waals surface area contributed by atoms with E-state index in [0.717, 1.165) is 0 Å². The van der Waals surface area contributed by atoms with E-state index < -0.39 is 21.2 Å². The summed E-state index contributed by atoms with van der Waals surface area (Å²) in [5, 5.41) is -0.404. The van der Waals surface area contributed by atoms with Gasteiger partial charge in [0.15, 0.2) is 0 Å². The number of methoxy groups -OCH3 is 1. The Kier molecular flexibility index (Phi) is 5.17. The number of ether oxygens (including phenoxy) is 2. The molecule has 1 rings (SSSR count). The molecule has 0 aliphatic carbocycles. The van der Waals surface area contributed by atoms with Crippen molar-refractivity contribution in [2.75, 3.05) is 26.9 Å². The summed E-state index contributed by atoms with van der Waals surface area (Å²) in [5.74, 6) is -0.422. The van der Waals surface area contributed by atoms with Gasteiger partial charge in [0.05, 0.1) is 18.8 Å². The van der Waals surface area contributed by atoms with Gasteiger partial charge in [0.25, 0.3) is 0 Å². The zero-order valence-corrected chi connectivity index (χ0v) is 10.1. The summed E-state index contributed by atoms with van der Waals surface area (Å²) in [6.45, 7) is 1.04. The predicted molar refractivity (Wildman–Crippen MR) is 57.4 cm³/mol. The van der Waals surface area contributed by atoms with Crippen LogP contribution in [0.25, 0.3) is 0 Å². The molecule has 0 unspecified atom stereocenters. The SMILES string of the molecule is COC(=O)CCNS(=O)(=O)C1CCOCC1. The lowest BCUT2D eigenvalue weighted by molar-refractivity contribution is -0.140. The van der Waals surface area contributed by atoms with Gasteiger partial charge in [-0.25, -0.2) is 13.1 Å². The third-order valence-corrected chi connectivity index (χ3v) is 4.42. The smallest absolute Gasteiger partial charge is 0.306 e. The summed E-state index contributed by atoms with van der Waals surface area (Å²) >= 11 is 0. The Labute approximate surface area is 95.4 Å². The Morgan fingerprint density at radius 3 is 2.62 bits per heavy atom. The Hall–Kier alpha value is -0.660. The molecule has 7 heteroatoms. The first kappa shape index (κ1) is 13.4. The molecule has 1 fully saturated rings. The fraction of sp³-hybridized carbons (Fsp3) is 0.889. The van der Waals surface area contributed by atoms with Crippen LogP contribution < -0.4 is 4.72 Å². The summed E-state index contributed by atoms with van der Waals surface area (Å²) in [6.07, 6.45) is 1.07. The van der Waals surface area contributed by atoms with E-state index in [4.69, 9.17) is 4.74 Å². The fourth-order valence-electron chi connectivity index (χ4n) is 1.50. The van der Waals surface area contributed by atoms with Crippen molar-refractivity contribution in [1.29, 1.82) is 0 Å². The third kappa shape index (κ3) is 4.07. The van der Waals surface area contributed by atoms with E-state index in [0.29, 0.717) is 26.1 Å². The highest BCUT2D eigenvalue weighted by molar-refractivity contribution is 7.90. The largest absolute Gasteiger partial charge is 0.469 e. The van der Waals surface area contributed by atoms with Crippen molar-refractivity contribution in [2.45, 2.75) is 24.5 Å². The first-order valence-electron chi connectivity index (χ1n) is 5.19. The summed E-state index contributed by atoms with van der Waals surface area (Å²) in [6, 6.07) is 0. The van der Waals surface area contributed by atoms with E-state index >= 15 is 0 Å². The Balaban J connectivity index is 2.36. The summed E-state index contributed by atoms with van der Waals surface area (Å²) in [7, 11) is -2.05. The van der Waals surface area contributed by atoms with Crippen molar-refractivity contribution < 1.29 is 22.7 Å². The molecule has 1 N–H and O–H groups in total. The molecule has 94 valence electrons. The first-order valence-corrected chi connectivity index (χ1v) is 6.74. The fourth-order valence-corrected chi connectivity index (χ4v) is 2.94. The van der Waals surface area contributed by atoms with Gasteiger partial charge in [0, 0.05) is 19.8 Å². The van der Waals surface area contributed by atoms with Crippen molar-refractivity contribution in [1.82, 2.24) is 4.72 Å². The van der Waals surface area contributed by atoms with Gasteiger partial charge in [-0.05, 0) is 12.8 Å². The van der Waals surface area contributed by atoms with Crippen LogP contribution in [-0.2, 0) is 24.3 Å². The second-order valence-corrected chi connectivity index (χ2v) is 5.62. The number of rotatable bonds is 5. The molecule has 0 atom stereocenters. The van der Waals surface area contributed by atoms with Crippen molar-refractivity contribution >= 4 is 16.0 Å². The number of nitrogens with one attached hydrogen (secondary N) is 1. The second-order valence-electron chi connectivity index (χ2n) is 3.58. The first-order chi connectivity index (χ1) is 7.56. The Bertz CT molecular complexity index is 321. The lowest BCUT2D eigenvalue weighted by Gasteiger charge is -2.22. The van der Waals surface area contributed by atoms with Crippen molar-refractivity contribution in [3.8, 4) is 0 Å². The molecule has 6 nitrogen and oxygen atoms in total. The van der Waals surface area contributed by atoms with E-state index in [9.17, 15) is 13.2 Å². The van der Waals surface area contributed by atoms with Crippen LogP contribution in [0.15, 0.2) is 0 Å². The van der Waals surface area contributed by atoms with Gasteiger partial charge in [0.2, 0.25) is 10.0 Å². The maximum absolute atomic E-state index is 11.7. The standard InChI is InChI=1S/C9H17NO5S/c1-14-9(11)2-5-10-16(12,13)8-3-6-15-7-4-8/h8,10H,2-7H2,1H3. The molecule has 0 bridgehead atoms. The van der Waals surface area contributed by atoms with Gasteiger partial charge in [-0.2, -0.15) is 0 Å². The number of hydrogen-bond acceptors (Lipinski definition) is 5. The van der Waals surface area contributed by atoms with Crippen LogP contribution in [0, 0.1) is 0 Å². The molecular formula is C9H17NO5S. The lowest BCUT2D eigenvalue weighted by Crippen LogP contribution is -2.38. The van der Waals surface area contributed by atoms with Crippen LogP contribution in [0.2, 0.25) is 0 Å². The van der Waals surface area contributed by atoms with Crippen LogP contribution in [0.3, 0.4) is 0 Å². The minimum atomic E-state index is -3.33. The van der Waals surface area contributed by atoms with Crippen LogP contribution in [-0.4, -0.2) is 46.5 Å². The average Bonchev–Trinajstić information content (AvgIpc) is 2.30. The third-order valence-electron chi connectivity index (χ3n) is 2.47. The predicted octanol–water partition coefficient (Wildman–Crippen LogP) is -0.352. The van der Waals surface area contributed by atoms with Crippen molar-refractivity contribution in [3.63, 3.8) is 0 Å². The van der Waals surface area contributed by atoms with Gasteiger partial charge in [0.1, 0.15) is 0 Å². The Morgan fingerprint density at radius 1 is 1.44 bits per heavy atom. The van der Waals surface area contributed by atoms with Gasteiger partial charge in [-0.1, -0.05) is 0 Å². The van der Waals surface area contributed by atoms with Gasteiger partial charge in [-0.3, -0.25) is 4.79 Å². The van der Waals surface area contributed by atoms with Crippen LogP contribution in [0.4, 0.5) is 0 Å². The molecule has 0 radical (unpaired) electrons. The molecule has 0 aromatic rings. The number of carbonyl (C=O) groups is 1. The van der Waals surface area contributed by atoms with Crippen molar-refractivity contribution in [2.24, 2.45) is 0 Å². The highest BCUT2D eigenvalue weighted by Gasteiger charge is 2.27. The molecule has 16 heavy (non-hydrogen) atoms. The zero-order chi connectivity index (χ0) is 12.0. The average molecular weight is 251 g/mol. The number of sulfonamides is 1. The number of carbonyl (C=O) groups excluding carboxylic acids is 1. The second kappa shape index (κ2) is 6.17. The van der Waals surface area contributed by atoms with E-state index in [1.54, 1.807) is 0 Å². The molecule has 1 heterocycles.